The molecule has 0 radical (unpaired) electrons. The summed E-state index contributed by atoms with van der Waals surface area (Å²) in [6, 6.07) is 6.81. The predicted octanol–water partition coefficient (Wildman–Crippen LogP) is 0.615. The third-order valence-corrected chi connectivity index (χ3v) is 3.19. The highest BCUT2D eigenvalue weighted by molar-refractivity contribution is 7.89. The minimum atomic E-state index is -3.60. The molecule has 0 heterocycles. The van der Waals surface area contributed by atoms with Crippen molar-refractivity contribution in [2.75, 3.05) is 6.54 Å². The van der Waals surface area contributed by atoms with E-state index < -0.39 is 10.0 Å². The molecule has 15 heavy (non-hydrogen) atoms. The third-order valence-electron chi connectivity index (χ3n) is 2.18. The SMILES string of the molecule is NCCCCc1ccccc1S(N)(=O)=O. The fraction of sp³-hybridized carbons (Fsp3) is 0.400. The molecule has 0 saturated heterocycles. The van der Waals surface area contributed by atoms with Gasteiger partial charge in [0.05, 0.1) is 4.90 Å². The number of primary sulfonamides is 1. The summed E-state index contributed by atoms with van der Waals surface area (Å²) >= 11 is 0. The predicted molar refractivity (Wildman–Crippen MR) is 59.8 cm³/mol. The Labute approximate surface area is 90.3 Å². The van der Waals surface area contributed by atoms with E-state index in [-0.39, 0.29) is 4.90 Å². The van der Waals surface area contributed by atoms with Crippen molar-refractivity contribution in [2.24, 2.45) is 10.9 Å². The van der Waals surface area contributed by atoms with Crippen molar-refractivity contribution >= 4 is 10.0 Å². The maximum atomic E-state index is 11.2. The van der Waals surface area contributed by atoms with Gasteiger partial charge in [-0.15, -0.1) is 0 Å². The molecule has 0 amide bonds. The third kappa shape index (κ3) is 3.62. The second-order valence-corrected chi connectivity index (χ2v) is 4.93. The molecule has 0 bridgehead atoms. The molecule has 1 aromatic carbocycles. The van der Waals surface area contributed by atoms with Gasteiger partial charge in [-0.1, -0.05) is 18.2 Å². The van der Waals surface area contributed by atoms with Gasteiger partial charge in [-0.05, 0) is 37.4 Å². The van der Waals surface area contributed by atoms with Gasteiger partial charge in [-0.25, -0.2) is 13.6 Å². The summed E-state index contributed by atoms with van der Waals surface area (Å²) in [5.41, 5.74) is 6.15. The highest BCUT2D eigenvalue weighted by atomic mass is 32.2. The molecular weight excluding hydrogens is 212 g/mol. The highest BCUT2D eigenvalue weighted by Crippen LogP contribution is 2.15. The van der Waals surface area contributed by atoms with E-state index in [1.165, 1.54) is 6.07 Å². The molecule has 5 heteroatoms. The van der Waals surface area contributed by atoms with E-state index in [2.05, 4.69) is 0 Å². The molecule has 84 valence electrons. The first-order valence-electron chi connectivity index (χ1n) is 4.86. The largest absolute Gasteiger partial charge is 0.330 e. The molecule has 1 aromatic rings. The Balaban J connectivity index is 2.88. The number of hydrogen-bond donors (Lipinski definition) is 2. The van der Waals surface area contributed by atoms with Crippen LogP contribution in [0, 0.1) is 0 Å². The molecule has 0 fully saturated rings. The van der Waals surface area contributed by atoms with Crippen molar-refractivity contribution < 1.29 is 8.42 Å². The van der Waals surface area contributed by atoms with E-state index in [1.54, 1.807) is 12.1 Å². The fourth-order valence-electron chi connectivity index (χ4n) is 1.45. The van der Waals surface area contributed by atoms with Crippen LogP contribution < -0.4 is 10.9 Å². The highest BCUT2D eigenvalue weighted by Gasteiger charge is 2.11. The number of rotatable bonds is 5. The molecule has 4 N–H and O–H groups in total. The van der Waals surface area contributed by atoms with Crippen LogP contribution in [0.5, 0.6) is 0 Å². The number of nitrogens with two attached hydrogens (primary N) is 2. The van der Waals surface area contributed by atoms with E-state index in [4.69, 9.17) is 10.9 Å². The first-order valence-corrected chi connectivity index (χ1v) is 6.41. The maximum absolute atomic E-state index is 11.2. The van der Waals surface area contributed by atoms with Crippen molar-refractivity contribution in [3.05, 3.63) is 29.8 Å². The Morgan fingerprint density at radius 2 is 1.80 bits per heavy atom. The molecule has 0 saturated carbocycles. The van der Waals surface area contributed by atoms with Crippen molar-refractivity contribution in [1.82, 2.24) is 0 Å². The van der Waals surface area contributed by atoms with Gasteiger partial charge < -0.3 is 5.73 Å². The van der Waals surface area contributed by atoms with Crippen LogP contribution in [0.15, 0.2) is 29.2 Å². The van der Waals surface area contributed by atoms with Crippen LogP contribution in [0.25, 0.3) is 0 Å². The Hall–Kier alpha value is -0.910. The van der Waals surface area contributed by atoms with Gasteiger partial charge in [0.2, 0.25) is 10.0 Å². The van der Waals surface area contributed by atoms with Crippen molar-refractivity contribution in [3.8, 4) is 0 Å². The minimum absolute atomic E-state index is 0.224. The first kappa shape index (κ1) is 12.2. The number of sulfonamides is 1. The zero-order chi connectivity index (χ0) is 11.3. The number of hydrogen-bond acceptors (Lipinski definition) is 3. The number of unbranched alkanes of at least 4 members (excludes halogenated alkanes) is 1. The Kier molecular flexibility index (Phi) is 4.26. The van der Waals surface area contributed by atoms with Gasteiger partial charge in [0.1, 0.15) is 0 Å². The van der Waals surface area contributed by atoms with Crippen LogP contribution in [0.2, 0.25) is 0 Å². The zero-order valence-electron chi connectivity index (χ0n) is 8.52. The van der Waals surface area contributed by atoms with E-state index in [0.717, 1.165) is 18.4 Å². The van der Waals surface area contributed by atoms with Crippen LogP contribution in [0.1, 0.15) is 18.4 Å². The van der Waals surface area contributed by atoms with Crippen LogP contribution in [-0.4, -0.2) is 15.0 Å². The second kappa shape index (κ2) is 5.25. The summed E-state index contributed by atoms with van der Waals surface area (Å²) in [6.07, 6.45) is 2.46. The Morgan fingerprint density at radius 3 is 2.40 bits per heavy atom. The average molecular weight is 228 g/mol. The summed E-state index contributed by atoms with van der Waals surface area (Å²) in [4.78, 5) is 0.224. The van der Waals surface area contributed by atoms with Crippen LogP contribution in [-0.2, 0) is 16.4 Å². The standard InChI is InChI=1S/C10H16N2O2S/c11-8-4-3-6-9-5-1-2-7-10(9)15(12,13)14/h1-2,5,7H,3-4,6,8,11H2,(H2,12,13,14). The summed E-state index contributed by atoms with van der Waals surface area (Å²) in [7, 11) is -3.60. The molecule has 0 unspecified atom stereocenters. The summed E-state index contributed by atoms with van der Waals surface area (Å²) in [6.45, 7) is 0.623. The van der Waals surface area contributed by atoms with Crippen LogP contribution >= 0.6 is 0 Å². The normalized spacial score (nSPS) is 11.6. The van der Waals surface area contributed by atoms with Gasteiger partial charge in [-0.3, -0.25) is 0 Å². The van der Waals surface area contributed by atoms with Gasteiger partial charge in [-0.2, -0.15) is 0 Å². The van der Waals surface area contributed by atoms with Crippen molar-refractivity contribution in [3.63, 3.8) is 0 Å². The quantitative estimate of drug-likeness (QED) is 0.724. The van der Waals surface area contributed by atoms with Crippen molar-refractivity contribution in [2.45, 2.75) is 24.2 Å². The molecule has 0 aliphatic carbocycles. The molecule has 0 aliphatic heterocycles. The van der Waals surface area contributed by atoms with Gasteiger partial charge in [0, 0.05) is 0 Å². The molecule has 1 rings (SSSR count). The van der Waals surface area contributed by atoms with E-state index in [0.29, 0.717) is 13.0 Å². The van der Waals surface area contributed by atoms with Gasteiger partial charge >= 0.3 is 0 Å². The lowest BCUT2D eigenvalue weighted by Gasteiger charge is -2.06. The second-order valence-electron chi connectivity index (χ2n) is 3.40. The first-order chi connectivity index (χ1) is 7.05. The van der Waals surface area contributed by atoms with Crippen LogP contribution in [0.3, 0.4) is 0 Å². The van der Waals surface area contributed by atoms with E-state index in [9.17, 15) is 8.42 Å². The molecule has 0 aromatic heterocycles. The number of aryl methyl sites for hydroxylation is 1. The molecule has 0 spiro atoms. The van der Waals surface area contributed by atoms with E-state index >= 15 is 0 Å². The zero-order valence-corrected chi connectivity index (χ0v) is 9.33. The number of benzene rings is 1. The lowest BCUT2D eigenvalue weighted by atomic mass is 10.1. The Bertz CT molecular complexity index is 415. The van der Waals surface area contributed by atoms with E-state index in [1.807, 2.05) is 6.07 Å². The van der Waals surface area contributed by atoms with Crippen LogP contribution in [0.4, 0.5) is 0 Å². The topological polar surface area (TPSA) is 86.2 Å². The molecule has 4 nitrogen and oxygen atoms in total. The summed E-state index contributed by atoms with van der Waals surface area (Å²) in [5, 5.41) is 5.11. The maximum Gasteiger partial charge on any atom is 0.238 e. The van der Waals surface area contributed by atoms with Gasteiger partial charge in [0.15, 0.2) is 0 Å². The van der Waals surface area contributed by atoms with Gasteiger partial charge in [0.25, 0.3) is 0 Å². The average Bonchev–Trinajstić information content (AvgIpc) is 2.17. The molecule has 0 atom stereocenters. The Morgan fingerprint density at radius 1 is 1.13 bits per heavy atom. The lowest BCUT2D eigenvalue weighted by molar-refractivity contribution is 0.596. The fourth-order valence-corrected chi connectivity index (χ4v) is 2.25. The monoisotopic (exact) mass is 228 g/mol. The molecular formula is C10H16N2O2S. The van der Waals surface area contributed by atoms with Crippen molar-refractivity contribution in [1.29, 1.82) is 0 Å². The summed E-state index contributed by atoms with van der Waals surface area (Å²) in [5.74, 6) is 0. The lowest BCUT2D eigenvalue weighted by Crippen LogP contribution is -2.14. The molecule has 0 aliphatic rings. The smallest absolute Gasteiger partial charge is 0.238 e. The minimum Gasteiger partial charge on any atom is -0.330 e. The summed E-state index contributed by atoms with van der Waals surface area (Å²) < 4.78 is 22.5.